The average molecular weight is 561 g/mol. The van der Waals surface area contributed by atoms with Crippen molar-refractivity contribution in [2.75, 3.05) is 5.32 Å². The molecule has 10 heteroatoms. The lowest BCUT2D eigenvalue weighted by molar-refractivity contribution is -0.111. The van der Waals surface area contributed by atoms with E-state index in [1.54, 1.807) is 60.7 Å². The van der Waals surface area contributed by atoms with Gasteiger partial charge in [-0.2, -0.15) is 5.26 Å². The van der Waals surface area contributed by atoms with Crippen LogP contribution in [0.3, 0.4) is 0 Å². The molecule has 1 amide bonds. The van der Waals surface area contributed by atoms with Gasteiger partial charge in [-0.05, 0) is 54.1 Å². The summed E-state index contributed by atoms with van der Waals surface area (Å²) in [4.78, 5) is 26.5. The Kier molecular flexibility index (Phi) is 7.66. The molecule has 0 spiro atoms. The number of halogens is 4. The number of aromatic nitrogens is 1. The Morgan fingerprint density at radius 1 is 0.943 bits per heavy atom. The number of anilines is 1. The molecule has 4 rings (SSSR count). The van der Waals surface area contributed by atoms with Gasteiger partial charge in [0.1, 0.15) is 10.7 Å². The lowest BCUT2D eigenvalue weighted by Gasteiger charge is -2.06. The largest absolute Gasteiger partial charge is 0.321 e. The first-order valence-corrected chi connectivity index (χ1v) is 12.3. The number of rotatable bonds is 4. The van der Waals surface area contributed by atoms with E-state index in [2.05, 4.69) is 5.32 Å². The van der Waals surface area contributed by atoms with Crippen molar-refractivity contribution in [3.8, 4) is 11.8 Å². The molecule has 0 bridgehead atoms. The lowest BCUT2D eigenvalue weighted by Crippen LogP contribution is -2.32. The molecule has 1 aromatic heterocycles. The Balaban J connectivity index is 1.95. The summed E-state index contributed by atoms with van der Waals surface area (Å²) in [6.45, 7) is 0. The smallest absolute Gasteiger partial charge is 0.273 e. The Morgan fingerprint density at radius 3 is 2.34 bits per heavy atom. The topological polar surface area (TPSA) is 74.9 Å². The molecule has 0 fully saturated rings. The predicted molar refractivity (Wildman–Crippen MR) is 143 cm³/mol. The van der Waals surface area contributed by atoms with Gasteiger partial charge in [-0.25, -0.2) is 0 Å². The standard InChI is InChI=1S/C25H13Cl4N3O2S/c26-15-7-6-14(20(28)11-15)10-22-24(34)32(17-4-2-1-3-5-17)25(35-22)18(13-30)23(33)31-16-8-9-19(27)21(29)12-16/h1-12H,(H,31,33). The fourth-order valence-corrected chi connectivity index (χ4v) is 5.04. The number of carbonyl (C=O) groups is 1. The van der Waals surface area contributed by atoms with Crippen molar-refractivity contribution < 1.29 is 4.79 Å². The van der Waals surface area contributed by atoms with Crippen LogP contribution in [0.15, 0.2) is 71.5 Å². The van der Waals surface area contributed by atoms with E-state index < -0.39 is 11.5 Å². The van der Waals surface area contributed by atoms with Crippen LogP contribution in [-0.4, -0.2) is 10.5 Å². The van der Waals surface area contributed by atoms with Gasteiger partial charge in [0.2, 0.25) is 0 Å². The van der Waals surface area contributed by atoms with Crippen molar-refractivity contribution in [1.29, 1.82) is 5.26 Å². The van der Waals surface area contributed by atoms with Gasteiger partial charge in [0, 0.05) is 15.7 Å². The fourth-order valence-electron chi connectivity index (χ4n) is 3.18. The van der Waals surface area contributed by atoms with E-state index in [0.717, 1.165) is 11.3 Å². The van der Waals surface area contributed by atoms with E-state index in [1.807, 2.05) is 6.07 Å². The van der Waals surface area contributed by atoms with Crippen LogP contribution in [0, 0.1) is 11.3 Å². The summed E-state index contributed by atoms with van der Waals surface area (Å²) < 4.78 is 1.77. The van der Waals surface area contributed by atoms with Gasteiger partial charge in [-0.1, -0.05) is 70.7 Å². The summed E-state index contributed by atoms with van der Waals surface area (Å²) in [5, 5.41) is 13.9. The SMILES string of the molecule is N#CC(C(=O)Nc1ccc(Cl)c(Cl)c1)=c1sc(=Cc2ccc(Cl)cc2Cl)c(=O)n1-c1ccccc1. The second-order valence-corrected chi connectivity index (χ2v) is 9.82. The van der Waals surface area contributed by atoms with Crippen LogP contribution in [0.2, 0.25) is 20.1 Å². The van der Waals surface area contributed by atoms with Crippen molar-refractivity contribution in [2.45, 2.75) is 0 Å². The van der Waals surface area contributed by atoms with Crippen molar-refractivity contribution in [3.05, 3.63) is 112 Å². The molecule has 35 heavy (non-hydrogen) atoms. The third-order valence-electron chi connectivity index (χ3n) is 4.82. The molecule has 0 saturated heterocycles. The highest BCUT2D eigenvalue weighted by molar-refractivity contribution is 7.07. The molecule has 0 saturated carbocycles. The number of amides is 1. The number of nitrogens with one attached hydrogen (secondary N) is 1. The number of hydrogen-bond donors (Lipinski definition) is 1. The summed E-state index contributed by atoms with van der Waals surface area (Å²) >= 11 is 25.2. The monoisotopic (exact) mass is 559 g/mol. The Labute approximate surface area is 223 Å². The quantitative estimate of drug-likeness (QED) is 0.350. The molecule has 0 aliphatic rings. The lowest BCUT2D eigenvalue weighted by atomic mass is 10.2. The zero-order chi connectivity index (χ0) is 25.1. The zero-order valence-electron chi connectivity index (χ0n) is 17.6. The van der Waals surface area contributed by atoms with Crippen molar-refractivity contribution in [3.63, 3.8) is 0 Å². The first kappa shape index (κ1) is 25.1. The van der Waals surface area contributed by atoms with Crippen LogP contribution in [0.1, 0.15) is 5.56 Å². The minimum atomic E-state index is -0.701. The van der Waals surface area contributed by atoms with Crippen LogP contribution < -0.4 is 20.1 Å². The Morgan fingerprint density at radius 2 is 1.69 bits per heavy atom. The predicted octanol–water partition coefficient (Wildman–Crippen LogP) is 5.65. The number of nitriles is 1. The van der Waals surface area contributed by atoms with E-state index in [9.17, 15) is 14.9 Å². The van der Waals surface area contributed by atoms with Gasteiger partial charge >= 0.3 is 0 Å². The molecule has 0 atom stereocenters. The number of hydrogen-bond acceptors (Lipinski definition) is 4. The Bertz CT molecular complexity index is 1670. The van der Waals surface area contributed by atoms with Crippen LogP contribution in [0.4, 0.5) is 5.69 Å². The third-order valence-corrected chi connectivity index (χ3v) is 7.21. The van der Waals surface area contributed by atoms with Crippen molar-refractivity contribution in [1.82, 2.24) is 4.57 Å². The molecular weight excluding hydrogens is 548 g/mol. The van der Waals surface area contributed by atoms with Gasteiger partial charge in [0.05, 0.1) is 20.3 Å². The third kappa shape index (κ3) is 5.46. The summed E-state index contributed by atoms with van der Waals surface area (Å²) in [6.07, 6.45) is 1.60. The summed E-state index contributed by atoms with van der Waals surface area (Å²) in [5.74, 6) is -0.701. The fraction of sp³-hybridized carbons (Fsp3) is 0. The highest BCUT2D eigenvalue weighted by atomic mass is 35.5. The van der Waals surface area contributed by atoms with E-state index in [1.165, 1.54) is 16.7 Å². The van der Waals surface area contributed by atoms with Crippen LogP contribution in [0.5, 0.6) is 0 Å². The molecule has 0 unspecified atom stereocenters. The van der Waals surface area contributed by atoms with Crippen LogP contribution in [-0.2, 0) is 4.79 Å². The van der Waals surface area contributed by atoms with Gasteiger partial charge in [-0.3, -0.25) is 14.2 Å². The maximum absolute atomic E-state index is 13.4. The normalized spacial score (nSPS) is 12.3. The van der Waals surface area contributed by atoms with E-state index in [-0.39, 0.29) is 19.8 Å². The minimum Gasteiger partial charge on any atom is -0.321 e. The van der Waals surface area contributed by atoms with Gasteiger partial charge in [0.15, 0.2) is 5.57 Å². The molecule has 174 valence electrons. The maximum Gasteiger partial charge on any atom is 0.273 e. The van der Waals surface area contributed by atoms with Crippen molar-refractivity contribution in [2.24, 2.45) is 0 Å². The number of thiazole rings is 1. The van der Waals surface area contributed by atoms with Gasteiger partial charge in [0.25, 0.3) is 11.5 Å². The molecule has 0 radical (unpaired) electrons. The molecule has 1 heterocycles. The number of para-hydroxylation sites is 1. The number of carbonyl (C=O) groups excluding carboxylic acids is 1. The van der Waals surface area contributed by atoms with Crippen LogP contribution in [0.25, 0.3) is 17.3 Å². The van der Waals surface area contributed by atoms with Gasteiger partial charge in [-0.15, -0.1) is 11.3 Å². The molecular formula is C25H13Cl4N3O2S. The van der Waals surface area contributed by atoms with Crippen molar-refractivity contribution >= 4 is 81.0 Å². The van der Waals surface area contributed by atoms with E-state index >= 15 is 0 Å². The molecule has 1 N–H and O–H groups in total. The molecule has 0 aliphatic carbocycles. The first-order chi connectivity index (χ1) is 16.8. The molecule has 5 nitrogen and oxygen atoms in total. The highest BCUT2D eigenvalue weighted by Gasteiger charge is 2.18. The minimum absolute atomic E-state index is 0.164. The zero-order valence-corrected chi connectivity index (χ0v) is 21.4. The maximum atomic E-state index is 13.4. The average Bonchev–Trinajstić information content (AvgIpc) is 3.14. The highest BCUT2D eigenvalue weighted by Crippen LogP contribution is 2.25. The van der Waals surface area contributed by atoms with Gasteiger partial charge < -0.3 is 5.32 Å². The summed E-state index contributed by atoms with van der Waals surface area (Å²) in [5.41, 5.74) is 0.767. The second kappa shape index (κ2) is 10.7. The molecule has 4 aromatic rings. The summed E-state index contributed by atoms with van der Waals surface area (Å²) in [6, 6.07) is 20.1. The number of nitrogens with zero attached hydrogens (tertiary/aromatic N) is 2. The molecule has 0 aliphatic heterocycles. The van der Waals surface area contributed by atoms with E-state index in [0.29, 0.717) is 32.0 Å². The Hall–Kier alpha value is -3.05. The number of benzene rings is 3. The molecule has 3 aromatic carbocycles. The second-order valence-electron chi connectivity index (χ2n) is 7.13. The summed E-state index contributed by atoms with van der Waals surface area (Å²) in [7, 11) is 0. The van der Waals surface area contributed by atoms with E-state index in [4.69, 9.17) is 46.4 Å². The first-order valence-electron chi connectivity index (χ1n) is 9.93. The van der Waals surface area contributed by atoms with Crippen LogP contribution >= 0.6 is 57.7 Å².